The second-order valence-electron chi connectivity index (χ2n) is 7.91. The summed E-state index contributed by atoms with van der Waals surface area (Å²) in [6.07, 6.45) is 0.541. The molecule has 2 aromatic carbocycles. The topological polar surface area (TPSA) is 56.3 Å². The molecule has 4 rings (SSSR count). The van der Waals surface area contributed by atoms with Crippen molar-refractivity contribution in [3.63, 3.8) is 0 Å². The van der Waals surface area contributed by atoms with Crippen molar-refractivity contribution in [2.75, 3.05) is 63.5 Å². The lowest BCUT2D eigenvalue weighted by Gasteiger charge is -2.32. The lowest BCUT2D eigenvalue weighted by molar-refractivity contribution is 0.158. The summed E-state index contributed by atoms with van der Waals surface area (Å²) in [5.41, 5.74) is 1.58. The molecule has 1 aliphatic heterocycles. The quantitative estimate of drug-likeness (QED) is 0.577. The van der Waals surface area contributed by atoms with Crippen LogP contribution in [0.4, 0.5) is 20.5 Å². The number of hydrogen-bond donors (Lipinski definition) is 2. The second-order valence-corrected chi connectivity index (χ2v) is 7.91. The Hall–Kier alpha value is -2.84. The summed E-state index contributed by atoms with van der Waals surface area (Å²) >= 11 is 0. The Labute approximate surface area is 181 Å². The number of hydrogen-bond acceptors (Lipinski definition) is 6. The number of likely N-dealkylation sites (N-methyl/N-ethyl adjacent to an activating group) is 1. The van der Waals surface area contributed by atoms with E-state index >= 15 is 0 Å². The van der Waals surface area contributed by atoms with Crippen LogP contribution in [0.5, 0.6) is 0 Å². The molecule has 0 bridgehead atoms. The van der Waals surface area contributed by atoms with Crippen LogP contribution in [0.2, 0.25) is 0 Å². The molecule has 0 aliphatic carbocycles. The highest BCUT2D eigenvalue weighted by Gasteiger charge is 2.14. The average Bonchev–Trinajstić information content (AvgIpc) is 2.77. The zero-order valence-corrected chi connectivity index (χ0v) is 17.7. The van der Waals surface area contributed by atoms with E-state index in [-0.39, 0.29) is 0 Å². The minimum atomic E-state index is -0.832. The maximum Gasteiger partial charge on any atom is 0.225 e. The molecule has 0 unspecified atom stereocenters. The molecule has 31 heavy (non-hydrogen) atoms. The third kappa shape index (κ3) is 5.65. The van der Waals surface area contributed by atoms with E-state index in [1.807, 2.05) is 24.3 Å². The van der Waals surface area contributed by atoms with Crippen LogP contribution in [0.3, 0.4) is 0 Å². The molecule has 1 fully saturated rings. The Morgan fingerprint density at radius 2 is 1.71 bits per heavy atom. The normalized spacial score (nSPS) is 15.3. The van der Waals surface area contributed by atoms with E-state index < -0.39 is 11.6 Å². The molecule has 8 heteroatoms. The summed E-state index contributed by atoms with van der Waals surface area (Å²) in [5.74, 6) is -0.341. The van der Waals surface area contributed by atoms with Crippen molar-refractivity contribution in [2.24, 2.45) is 0 Å². The zero-order valence-electron chi connectivity index (χ0n) is 17.7. The Morgan fingerprint density at radius 1 is 0.903 bits per heavy atom. The van der Waals surface area contributed by atoms with Crippen LogP contribution in [-0.2, 0) is 6.42 Å². The summed E-state index contributed by atoms with van der Waals surface area (Å²) in [6, 6.07) is 11.9. The molecule has 0 radical (unpaired) electrons. The minimum Gasteiger partial charge on any atom is -0.368 e. The predicted octanol–water partition coefficient (Wildman–Crippen LogP) is 3.22. The number of anilines is 2. The van der Waals surface area contributed by atoms with Crippen molar-refractivity contribution in [1.82, 2.24) is 19.8 Å². The number of piperazine rings is 1. The number of nitrogens with zero attached hydrogens (tertiary/aromatic N) is 4. The van der Waals surface area contributed by atoms with Gasteiger partial charge in [0.15, 0.2) is 11.6 Å². The molecule has 3 aromatic rings. The Kier molecular flexibility index (Phi) is 6.89. The monoisotopic (exact) mass is 426 g/mol. The van der Waals surface area contributed by atoms with Gasteiger partial charge in [0.25, 0.3) is 0 Å². The molecule has 2 heterocycles. The molecule has 0 amide bonds. The smallest absolute Gasteiger partial charge is 0.225 e. The molecule has 2 N–H and O–H groups in total. The van der Waals surface area contributed by atoms with E-state index in [0.29, 0.717) is 18.9 Å². The van der Waals surface area contributed by atoms with Gasteiger partial charge in [0.1, 0.15) is 5.82 Å². The highest BCUT2D eigenvalue weighted by molar-refractivity contribution is 5.90. The first kappa shape index (κ1) is 21.4. The summed E-state index contributed by atoms with van der Waals surface area (Å²) in [6.45, 7) is 6.65. The van der Waals surface area contributed by atoms with Crippen molar-refractivity contribution in [1.29, 1.82) is 0 Å². The number of aromatic nitrogens is 2. The minimum absolute atomic E-state index is 0.517. The van der Waals surface area contributed by atoms with E-state index in [1.165, 1.54) is 6.07 Å². The SMILES string of the molecule is CN1CCN(CCNc2nc(NCCc3ccc(F)c(F)c3)nc3ccccc23)CC1. The van der Waals surface area contributed by atoms with Crippen LogP contribution in [0.25, 0.3) is 10.9 Å². The molecule has 1 saturated heterocycles. The molecular formula is C23H28F2N6. The van der Waals surface area contributed by atoms with Gasteiger partial charge < -0.3 is 15.5 Å². The molecular weight excluding hydrogens is 398 g/mol. The van der Waals surface area contributed by atoms with E-state index in [4.69, 9.17) is 0 Å². The second kappa shape index (κ2) is 9.98. The molecule has 1 aromatic heterocycles. The molecule has 0 saturated carbocycles. The van der Waals surface area contributed by atoms with E-state index in [2.05, 4.69) is 37.4 Å². The van der Waals surface area contributed by atoms with Gasteiger partial charge in [0.2, 0.25) is 5.95 Å². The Bertz CT molecular complexity index is 1020. The third-order valence-electron chi connectivity index (χ3n) is 5.60. The van der Waals surface area contributed by atoms with Crippen LogP contribution < -0.4 is 10.6 Å². The maximum absolute atomic E-state index is 13.4. The summed E-state index contributed by atoms with van der Waals surface area (Å²) in [5, 5.41) is 7.66. The van der Waals surface area contributed by atoms with Gasteiger partial charge in [-0.05, 0) is 43.3 Å². The molecule has 0 spiro atoms. The fraction of sp³-hybridized carbons (Fsp3) is 0.391. The molecule has 0 atom stereocenters. The van der Waals surface area contributed by atoms with Crippen molar-refractivity contribution < 1.29 is 8.78 Å². The number of rotatable bonds is 8. The van der Waals surface area contributed by atoms with Crippen LogP contribution in [0.1, 0.15) is 5.56 Å². The number of para-hydroxylation sites is 1. The number of fused-ring (bicyclic) bond motifs is 1. The van der Waals surface area contributed by atoms with Gasteiger partial charge in [-0.15, -0.1) is 0 Å². The predicted molar refractivity (Wildman–Crippen MR) is 121 cm³/mol. The van der Waals surface area contributed by atoms with E-state index in [1.54, 1.807) is 6.07 Å². The van der Waals surface area contributed by atoms with Crippen LogP contribution >= 0.6 is 0 Å². The Morgan fingerprint density at radius 3 is 2.52 bits per heavy atom. The van der Waals surface area contributed by atoms with E-state index in [9.17, 15) is 8.78 Å². The van der Waals surface area contributed by atoms with Gasteiger partial charge in [-0.1, -0.05) is 18.2 Å². The van der Waals surface area contributed by atoms with Crippen molar-refractivity contribution in [2.45, 2.75) is 6.42 Å². The fourth-order valence-electron chi connectivity index (χ4n) is 3.71. The summed E-state index contributed by atoms with van der Waals surface area (Å²) in [7, 11) is 2.16. The third-order valence-corrected chi connectivity index (χ3v) is 5.60. The van der Waals surface area contributed by atoms with Crippen LogP contribution in [0.15, 0.2) is 42.5 Å². The lowest BCUT2D eigenvalue weighted by atomic mass is 10.1. The molecule has 164 valence electrons. The summed E-state index contributed by atoms with van der Waals surface area (Å²) < 4.78 is 26.5. The first-order valence-corrected chi connectivity index (χ1v) is 10.7. The Balaban J connectivity index is 1.39. The molecule has 6 nitrogen and oxygen atoms in total. The zero-order chi connectivity index (χ0) is 21.6. The lowest BCUT2D eigenvalue weighted by Crippen LogP contribution is -2.45. The van der Waals surface area contributed by atoms with Crippen LogP contribution in [-0.4, -0.2) is 72.6 Å². The van der Waals surface area contributed by atoms with Crippen LogP contribution in [0, 0.1) is 11.6 Å². The van der Waals surface area contributed by atoms with Gasteiger partial charge in [0, 0.05) is 51.2 Å². The van der Waals surface area contributed by atoms with E-state index in [0.717, 1.165) is 67.6 Å². The largest absolute Gasteiger partial charge is 0.368 e. The summed E-state index contributed by atoms with van der Waals surface area (Å²) in [4.78, 5) is 14.1. The van der Waals surface area contributed by atoms with Gasteiger partial charge >= 0.3 is 0 Å². The standard InChI is InChI=1S/C23H28F2N6/c1-30-12-14-31(15-13-30)11-10-26-22-18-4-2-3-5-21(18)28-23(29-22)27-9-8-17-6-7-19(24)20(25)16-17/h2-7,16H,8-15H2,1H3,(H2,26,27,28,29). The van der Waals surface area contributed by atoms with Gasteiger partial charge in [-0.2, -0.15) is 4.98 Å². The number of nitrogens with one attached hydrogen (secondary N) is 2. The van der Waals surface area contributed by atoms with Crippen molar-refractivity contribution in [3.8, 4) is 0 Å². The van der Waals surface area contributed by atoms with Gasteiger partial charge in [0.05, 0.1) is 5.52 Å². The first-order chi connectivity index (χ1) is 15.1. The highest BCUT2D eigenvalue weighted by atomic mass is 19.2. The number of benzene rings is 2. The molecule has 1 aliphatic rings. The number of halogens is 2. The maximum atomic E-state index is 13.4. The fourth-order valence-corrected chi connectivity index (χ4v) is 3.71. The van der Waals surface area contributed by atoms with Crippen molar-refractivity contribution >= 4 is 22.7 Å². The van der Waals surface area contributed by atoms with Gasteiger partial charge in [-0.3, -0.25) is 4.90 Å². The van der Waals surface area contributed by atoms with Gasteiger partial charge in [-0.25, -0.2) is 13.8 Å². The highest BCUT2D eigenvalue weighted by Crippen LogP contribution is 2.22. The average molecular weight is 427 g/mol. The van der Waals surface area contributed by atoms with Crippen molar-refractivity contribution in [3.05, 3.63) is 59.7 Å². The first-order valence-electron chi connectivity index (χ1n) is 10.7.